The van der Waals surface area contributed by atoms with E-state index in [1.807, 2.05) is 4.68 Å². The zero-order chi connectivity index (χ0) is 15.4. The normalized spacial score (nSPS) is 13.3. The molecule has 0 radical (unpaired) electrons. The third-order valence-electron chi connectivity index (χ3n) is 3.46. The van der Waals surface area contributed by atoms with E-state index in [0.717, 1.165) is 24.4 Å². The molecule has 1 N–H and O–H groups in total. The van der Waals surface area contributed by atoms with Crippen LogP contribution in [0, 0.1) is 0 Å². The zero-order valence-corrected chi connectivity index (χ0v) is 14.3. The van der Waals surface area contributed by atoms with E-state index in [4.69, 9.17) is 0 Å². The maximum Gasteiger partial charge on any atom is 0.0829 e. The Balaban J connectivity index is 2.20. The van der Waals surface area contributed by atoms with Crippen molar-refractivity contribution in [3.8, 4) is 0 Å². The van der Waals surface area contributed by atoms with Crippen molar-refractivity contribution in [3.63, 3.8) is 0 Å². The maximum absolute atomic E-state index is 4.66. The molecule has 0 saturated carbocycles. The highest BCUT2D eigenvalue weighted by Crippen LogP contribution is 2.28. The summed E-state index contributed by atoms with van der Waals surface area (Å²) >= 11 is 1.50. The number of hydrogen-bond donors (Lipinski definition) is 1. The lowest BCUT2D eigenvalue weighted by Gasteiger charge is -2.17. The highest BCUT2D eigenvalue weighted by molar-refractivity contribution is 7.05. The molecule has 0 aliphatic heterocycles. The molecule has 0 amide bonds. The summed E-state index contributed by atoms with van der Waals surface area (Å²) in [6.07, 6.45) is 2.93. The molecule has 2 aromatic heterocycles. The van der Waals surface area contributed by atoms with E-state index >= 15 is 0 Å². The third kappa shape index (κ3) is 3.89. The van der Waals surface area contributed by atoms with Crippen LogP contribution in [0.5, 0.6) is 0 Å². The minimum Gasteiger partial charge on any atom is -0.309 e. The van der Waals surface area contributed by atoms with Crippen LogP contribution in [0.3, 0.4) is 0 Å². The number of nitrogens with zero attached hydrogens (tertiary/aromatic N) is 4. The molecule has 1 atom stereocenters. The standard InChI is InChI=1S/C15H25N5S/c1-6-16-13(15-14(10(2)3)17-19-21-15)9-12-7-8-20(18-12)11(4)5/h7-8,10-11,13,16H,6,9H2,1-5H3. The second kappa shape index (κ2) is 7.13. The number of rotatable bonds is 7. The Morgan fingerprint density at radius 3 is 2.62 bits per heavy atom. The monoisotopic (exact) mass is 307 g/mol. The quantitative estimate of drug-likeness (QED) is 0.852. The molecule has 0 saturated heterocycles. The Hall–Kier alpha value is -1.27. The van der Waals surface area contributed by atoms with Crippen LogP contribution in [0.1, 0.15) is 68.9 Å². The van der Waals surface area contributed by atoms with E-state index < -0.39 is 0 Å². The minimum absolute atomic E-state index is 0.239. The average Bonchev–Trinajstić information content (AvgIpc) is 3.07. The summed E-state index contributed by atoms with van der Waals surface area (Å²) in [6, 6.07) is 2.74. The summed E-state index contributed by atoms with van der Waals surface area (Å²) in [5.74, 6) is 0.396. The lowest BCUT2D eigenvalue weighted by molar-refractivity contribution is 0.507. The molecule has 21 heavy (non-hydrogen) atoms. The van der Waals surface area contributed by atoms with Gasteiger partial charge in [-0.25, -0.2) is 0 Å². The highest BCUT2D eigenvalue weighted by atomic mass is 32.1. The minimum atomic E-state index is 0.239. The van der Waals surface area contributed by atoms with Gasteiger partial charge >= 0.3 is 0 Å². The van der Waals surface area contributed by atoms with Gasteiger partial charge in [0.25, 0.3) is 0 Å². The first-order chi connectivity index (χ1) is 10.0. The van der Waals surface area contributed by atoms with Crippen molar-refractivity contribution in [2.75, 3.05) is 6.54 Å². The Morgan fingerprint density at radius 1 is 1.29 bits per heavy atom. The van der Waals surface area contributed by atoms with Crippen molar-refractivity contribution in [1.82, 2.24) is 24.7 Å². The summed E-state index contributed by atoms with van der Waals surface area (Å²) in [4.78, 5) is 1.24. The molecular weight excluding hydrogens is 282 g/mol. The molecule has 1 unspecified atom stereocenters. The van der Waals surface area contributed by atoms with Gasteiger partial charge in [-0.2, -0.15) is 5.10 Å². The Morgan fingerprint density at radius 2 is 2.05 bits per heavy atom. The van der Waals surface area contributed by atoms with Gasteiger partial charge in [-0.15, -0.1) is 5.10 Å². The first-order valence-corrected chi connectivity index (χ1v) is 8.39. The second-order valence-electron chi connectivity index (χ2n) is 5.87. The van der Waals surface area contributed by atoms with Gasteiger partial charge in [-0.3, -0.25) is 4.68 Å². The maximum atomic E-state index is 4.66. The van der Waals surface area contributed by atoms with E-state index in [-0.39, 0.29) is 6.04 Å². The van der Waals surface area contributed by atoms with Gasteiger partial charge < -0.3 is 5.32 Å². The van der Waals surface area contributed by atoms with Crippen LogP contribution >= 0.6 is 11.5 Å². The van der Waals surface area contributed by atoms with E-state index in [1.54, 1.807) is 0 Å². The lowest BCUT2D eigenvalue weighted by Crippen LogP contribution is -2.23. The van der Waals surface area contributed by atoms with Crippen molar-refractivity contribution < 1.29 is 0 Å². The molecule has 0 fully saturated rings. The predicted octanol–water partition coefficient (Wildman–Crippen LogP) is 3.33. The van der Waals surface area contributed by atoms with Gasteiger partial charge in [-0.05, 0) is 43.9 Å². The Labute approximate surface area is 130 Å². The number of nitrogens with one attached hydrogen (secondary N) is 1. The van der Waals surface area contributed by atoms with Crippen molar-refractivity contribution in [2.45, 2.75) is 59.0 Å². The van der Waals surface area contributed by atoms with Gasteiger partial charge in [-0.1, -0.05) is 25.3 Å². The number of hydrogen-bond acceptors (Lipinski definition) is 5. The van der Waals surface area contributed by atoms with Crippen LogP contribution in [-0.4, -0.2) is 25.9 Å². The number of likely N-dealkylation sites (N-methyl/N-ethyl adjacent to an activating group) is 1. The molecule has 2 rings (SSSR count). The van der Waals surface area contributed by atoms with Crippen molar-refractivity contribution >= 4 is 11.5 Å². The smallest absolute Gasteiger partial charge is 0.0829 e. The van der Waals surface area contributed by atoms with Gasteiger partial charge in [0, 0.05) is 18.7 Å². The molecule has 6 heteroatoms. The summed E-state index contributed by atoms with van der Waals surface area (Å²) < 4.78 is 6.15. The van der Waals surface area contributed by atoms with Crippen LogP contribution in [0.4, 0.5) is 0 Å². The van der Waals surface area contributed by atoms with E-state index in [0.29, 0.717) is 12.0 Å². The Kier molecular flexibility index (Phi) is 5.47. The third-order valence-corrected chi connectivity index (χ3v) is 4.31. The second-order valence-corrected chi connectivity index (χ2v) is 6.66. The fourth-order valence-electron chi connectivity index (χ4n) is 2.33. The predicted molar refractivity (Wildman–Crippen MR) is 86.7 cm³/mol. The lowest BCUT2D eigenvalue weighted by atomic mass is 10.0. The average molecular weight is 307 g/mol. The first-order valence-electron chi connectivity index (χ1n) is 7.62. The largest absolute Gasteiger partial charge is 0.309 e. The molecular formula is C15H25N5S. The van der Waals surface area contributed by atoms with Crippen molar-refractivity contribution in [1.29, 1.82) is 0 Å². The molecule has 2 heterocycles. The fraction of sp³-hybridized carbons (Fsp3) is 0.667. The van der Waals surface area contributed by atoms with Crippen LogP contribution < -0.4 is 5.32 Å². The molecule has 5 nitrogen and oxygen atoms in total. The van der Waals surface area contributed by atoms with Crippen molar-refractivity contribution in [3.05, 3.63) is 28.5 Å². The van der Waals surface area contributed by atoms with Gasteiger partial charge in [0.05, 0.1) is 22.3 Å². The molecule has 2 aromatic rings. The molecule has 0 aromatic carbocycles. The van der Waals surface area contributed by atoms with Gasteiger partial charge in [0.15, 0.2) is 0 Å². The number of aromatic nitrogens is 4. The summed E-state index contributed by atoms with van der Waals surface area (Å²) in [6.45, 7) is 11.7. The van der Waals surface area contributed by atoms with Crippen LogP contribution in [-0.2, 0) is 6.42 Å². The van der Waals surface area contributed by atoms with E-state index in [2.05, 4.69) is 66.9 Å². The summed E-state index contributed by atoms with van der Waals surface area (Å²) in [5.41, 5.74) is 2.21. The molecule has 116 valence electrons. The topological polar surface area (TPSA) is 55.6 Å². The van der Waals surface area contributed by atoms with Gasteiger partial charge in [0.1, 0.15) is 0 Å². The SMILES string of the molecule is CCNC(Cc1ccn(C(C)C)n1)c1snnc1C(C)C. The summed E-state index contributed by atoms with van der Waals surface area (Å²) in [5, 5.41) is 12.5. The molecule has 0 aliphatic carbocycles. The molecule has 0 spiro atoms. The van der Waals surface area contributed by atoms with E-state index in [9.17, 15) is 0 Å². The molecule has 0 aliphatic rings. The van der Waals surface area contributed by atoms with Crippen molar-refractivity contribution in [2.24, 2.45) is 0 Å². The Bertz CT molecular complexity index is 558. The van der Waals surface area contributed by atoms with E-state index in [1.165, 1.54) is 16.4 Å². The molecule has 0 bridgehead atoms. The van der Waals surface area contributed by atoms with Gasteiger partial charge in [0.2, 0.25) is 0 Å². The highest BCUT2D eigenvalue weighted by Gasteiger charge is 2.21. The summed E-state index contributed by atoms with van der Waals surface area (Å²) in [7, 11) is 0. The van der Waals surface area contributed by atoms with Crippen LogP contribution in [0.25, 0.3) is 0 Å². The zero-order valence-electron chi connectivity index (χ0n) is 13.5. The first kappa shape index (κ1) is 16.1. The fourth-order valence-corrected chi connectivity index (χ4v) is 3.21. The van der Waals surface area contributed by atoms with Crippen LogP contribution in [0.15, 0.2) is 12.3 Å². The van der Waals surface area contributed by atoms with Crippen LogP contribution in [0.2, 0.25) is 0 Å².